The van der Waals surface area contributed by atoms with Crippen LogP contribution in [0.4, 0.5) is 10.1 Å². The second-order valence-corrected chi connectivity index (χ2v) is 8.07. The Labute approximate surface area is 167 Å². The van der Waals surface area contributed by atoms with Crippen molar-refractivity contribution in [1.82, 2.24) is 4.31 Å². The molecule has 0 radical (unpaired) electrons. The Morgan fingerprint density at radius 1 is 1.14 bits per heavy atom. The van der Waals surface area contributed by atoms with Crippen molar-refractivity contribution in [2.75, 3.05) is 19.5 Å². The second kappa shape index (κ2) is 8.08. The average molecular weight is 422 g/mol. The first kappa shape index (κ1) is 20.6. The lowest BCUT2D eigenvalue weighted by atomic mass is 10.2. The van der Waals surface area contributed by atoms with Gasteiger partial charge in [-0.1, -0.05) is 0 Å². The third kappa shape index (κ3) is 4.02. The minimum absolute atomic E-state index is 0.0252. The van der Waals surface area contributed by atoms with Crippen LogP contribution in [0.25, 0.3) is 0 Å². The Morgan fingerprint density at radius 3 is 2.45 bits per heavy atom. The highest BCUT2D eigenvalue weighted by atomic mass is 32.2. The molecule has 10 heteroatoms. The van der Waals surface area contributed by atoms with Crippen molar-refractivity contribution >= 4 is 27.5 Å². The van der Waals surface area contributed by atoms with Crippen LogP contribution in [-0.2, 0) is 19.6 Å². The van der Waals surface area contributed by atoms with Crippen molar-refractivity contribution in [3.05, 3.63) is 48.3 Å². The molecule has 2 aromatic carbocycles. The Morgan fingerprint density at radius 2 is 1.83 bits per heavy atom. The van der Waals surface area contributed by atoms with E-state index in [0.29, 0.717) is 15.8 Å². The van der Waals surface area contributed by atoms with Crippen LogP contribution in [0.2, 0.25) is 0 Å². The molecule has 1 saturated heterocycles. The largest absolute Gasteiger partial charge is 0.497 e. The highest BCUT2D eigenvalue weighted by molar-refractivity contribution is 7.89. The molecule has 0 unspecified atom stereocenters. The summed E-state index contributed by atoms with van der Waals surface area (Å²) in [5.74, 6) is -1.20. The fraction of sp³-hybridized carbons (Fsp3) is 0.263. The molecule has 8 nitrogen and oxygen atoms in total. The molecule has 1 aliphatic heterocycles. The lowest BCUT2D eigenvalue weighted by Crippen LogP contribution is -2.45. The van der Waals surface area contributed by atoms with E-state index in [2.05, 4.69) is 5.32 Å². The zero-order valence-corrected chi connectivity index (χ0v) is 16.5. The SMILES string of the molecule is COc1ccc(OC)c(NC(=O)[C@@H]2CCC(=O)N2S(=O)(=O)c2ccc(F)cc2)c1. The number of hydrogen-bond acceptors (Lipinski definition) is 6. The van der Waals surface area contributed by atoms with Crippen LogP contribution in [0, 0.1) is 5.82 Å². The van der Waals surface area contributed by atoms with Crippen LogP contribution in [0.1, 0.15) is 12.8 Å². The monoisotopic (exact) mass is 422 g/mol. The minimum Gasteiger partial charge on any atom is -0.497 e. The van der Waals surface area contributed by atoms with Crippen LogP contribution in [0.3, 0.4) is 0 Å². The Kier molecular flexibility index (Phi) is 5.73. The first-order valence-corrected chi connectivity index (χ1v) is 10.1. The summed E-state index contributed by atoms with van der Waals surface area (Å²) in [5.41, 5.74) is 0.273. The van der Waals surface area contributed by atoms with Crippen molar-refractivity contribution in [3.63, 3.8) is 0 Å². The van der Waals surface area contributed by atoms with Gasteiger partial charge in [0.15, 0.2) is 0 Å². The standard InChI is InChI=1S/C19H19FN2O6S/c1-27-13-5-9-17(28-2)15(11-13)21-19(24)16-8-10-18(23)22(16)29(25,26)14-6-3-12(20)4-7-14/h3-7,9,11,16H,8,10H2,1-2H3,(H,21,24)/t16-/m0/s1. The quantitative estimate of drug-likeness (QED) is 0.766. The van der Waals surface area contributed by atoms with E-state index in [0.717, 1.165) is 24.3 Å². The fourth-order valence-electron chi connectivity index (χ4n) is 3.05. The van der Waals surface area contributed by atoms with Gasteiger partial charge in [-0.05, 0) is 42.8 Å². The van der Waals surface area contributed by atoms with E-state index in [1.165, 1.54) is 20.3 Å². The van der Waals surface area contributed by atoms with E-state index < -0.39 is 33.7 Å². The number of carbonyl (C=O) groups is 2. The second-order valence-electron chi connectivity index (χ2n) is 6.26. The molecular weight excluding hydrogens is 403 g/mol. The number of hydrogen-bond donors (Lipinski definition) is 1. The maximum absolute atomic E-state index is 13.1. The number of benzene rings is 2. The maximum atomic E-state index is 13.1. The minimum atomic E-state index is -4.32. The first-order chi connectivity index (χ1) is 13.8. The molecule has 2 amide bonds. The van der Waals surface area contributed by atoms with Crippen molar-refractivity contribution in [3.8, 4) is 11.5 Å². The zero-order valence-electron chi connectivity index (χ0n) is 15.7. The Hall–Kier alpha value is -3.14. The van der Waals surface area contributed by atoms with Crippen molar-refractivity contribution in [2.45, 2.75) is 23.8 Å². The summed E-state index contributed by atoms with van der Waals surface area (Å²) in [6.45, 7) is 0. The van der Waals surface area contributed by atoms with E-state index in [-0.39, 0.29) is 23.4 Å². The number of amides is 2. The molecule has 0 saturated carbocycles. The smallest absolute Gasteiger partial charge is 0.267 e. The molecule has 1 atom stereocenters. The van der Waals surface area contributed by atoms with Crippen LogP contribution < -0.4 is 14.8 Å². The predicted molar refractivity (Wildman–Crippen MR) is 102 cm³/mol. The van der Waals surface area contributed by atoms with E-state index in [1.54, 1.807) is 12.1 Å². The number of halogens is 1. The molecule has 0 bridgehead atoms. The molecule has 1 fully saturated rings. The average Bonchev–Trinajstić information content (AvgIpc) is 3.10. The summed E-state index contributed by atoms with van der Waals surface area (Å²) >= 11 is 0. The van der Waals surface area contributed by atoms with Gasteiger partial charge in [0, 0.05) is 12.5 Å². The predicted octanol–water partition coefficient (Wildman–Crippen LogP) is 2.16. The number of carbonyl (C=O) groups excluding carboxylic acids is 2. The third-order valence-corrected chi connectivity index (χ3v) is 6.34. The fourth-order valence-corrected chi connectivity index (χ4v) is 4.65. The molecule has 154 valence electrons. The van der Waals surface area contributed by atoms with Gasteiger partial charge in [-0.25, -0.2) is 17.1 Å². The molecule has 1 heterocycles. The lowest BCUT2D eigenvalue weighted by Gasteiger charge is -2.24. The lowest BCUT2D eigenvalue weighted by molar-refractivity contribution is -0.128. The van der Waals surface area contributed by atoms with Crippen LogP contribution in [0.15, 0.2) is 47.4 Å². The highest BCUT2D eigenvalue weighted by Crippen LogP contribution is 2.32. The molecule has 0 aliphatic carbocycles. The summed E-state index contributed by atoms with van der Waals surface area (Å²) in [7, 11) is -1.44. The number of nitrogens with one attached hydrogen (secondary N) is 1. The van der Waals surface area contributed by atoms with Gasteiger partial charge in [-0.15, -0.1) is 0 Å². The summed E-state index contributed by atoms with van der Waals surface area (Å²) in [6, 6.07) is 7.56. The maximum Gasteiger partial charge on any atom is 0.267 e. The topological polar surface area (TPSA) is 102 Å². The molecule has 0 aromatic heterocycles. The Bertz CT molecular complexity index is 1040. The van der Waals surface area contributed by atoms with Crippen LogP contribution >= 0.6 is 0 Å². The van der Waals surface area contributed by atoms with Crippen molar-refractivity contribution < 1.29 is 31.9 Å². The van der Waals surface area contributed by atoms with Gasteiger partial charge < -0.3 is 14.8 Å². The van der Waals surface area contributed by atoms with E-state index >= 15 is 0 Å². The number of sulfonamides is 1. The molecule has 1 N–H and O–H groups in total. The zero-order chi connectivity index (χ0) is 21.2. The van der Waals surface area contributed by atoms with Crippen molar-refractivity contribution in [1.29, 1.82) is 0 Å². The van der Waals surface area contributed by atoms with Gasteiger partial charge in [-0.2, -0.15) is 0 Å². The Balaban J connectivity index is 1.91. The number of rotatable bonds is 6. The summed E-state index contributed by atoms with van der Waals surface area (Å²) < 4.78 is 49.8. The van der Waals surface area contributed by atoms with E-state index in [4.69, 9.17) is 9.47 Å². The molecule has 1 aliphatic rings. The van der Waals surface area contributed by atoms with Gasteiger partial charge >= 0.3 is 0 Å². The third-order valence-electron chi connectivity index (χ3n) is 4.50. The molecular formula is C19H19FN2O6S. The van der Waals surface area contributed by atoms with Gasteiger partial charge in [0.05, 0.1) is 24.8 Å². The van der Waals surface area contributed by atoms with Gasteiger partial charge in [-0.3, -0.25) is 9.59 Å². The number of methoxy groups -OCH3 is 2. The van der Waals surface area contributed by atoms with E-state index in [9.17, 15) is 22.4 Å². The molecule has 3 rings (SSSR count). The van der Waals surface area contributed by atoms with Gasteiger partial charge in [0.2, 0.25) is 11.8 Å². The summed E-state index contributed by atoms with van der Waals surface area (Å²) in [6.07, 6.45) is -0.0782. The van der Waals surface area contributed by atoms with Gasteiger partial charge in [0.1, 0.15) is 23.4 Å². The van der Waals surface area contributed by atoms with Crippen molar-refractivity contribution in [2.24, 2.45) is 0 Å². The highest BCUT2D eigenvalue weighted by Gasteiger charge is 2.44. The molecule has 29 heavy (non-hydrogen) atoms. The van der Waals surface area contributed by atoms with Crippen LogP contribution in [-0.4, -0.2) is 44.8 Å². The van der Waals surface area contributed by atoms with Crippen LogP contribution in [0.5, 0.6) is 11.5 Å². The first-order valence-electron chi connectivity index (χ1n) is 8.63. The number of nitrogens with zero attached hydrogens (tertiary/aromatic N) is 1. The normalized spacial score (nSPS) is 16.6. The summed E-state index contributed by atoms with van der Waals surface area (Å²) in [4.78, 5) is 24.9. The van der Waals surface area contributed by atoms with Gasteiger partial charge in [0.25, 0.3) is 10.0 Å². The van der Waals surface area contributed by atoms with E-state index in [1.807, 2.05) is 0 Å². The summed E-state index contributed by atoms with van der Waals surface area (Å²) in [5, 5.41) is 2.60. The number of ether oxygens (including phenoxy) is 2. The molecule has 0 spiro atoms. The molecule has 2 aromatic rings. The number of anilines is 1.